The molecule has 0 saturated carbocycles. The van der Waals surface area contributed by atoms with Gasteiger partial charge in [0.05, 0.1) is 0 Å². The SMILES string of the molecule is CCCNCc1ccc(-c2cccc(CC)c2)c(C)c1. The van der Waals surface area contributed by atoms with Gasteiger partial charge in [-0.1, -0.05) is 56.3 Å². The van der Waals surface area contributed by atoms with Crippen molar-refractivity contribution < 1.29 is 0 Å². The van der Waals surface area contributed by atoms with Gasteiger partial charge in [-0.05, 0) is 54.1 Å². The molecule has 2 rings (SSSR count). The number of benzene rings is 2. The highest BCUT2D eigenvalue weighted by molar-refractivity contribution is 5.68. The maximum absolute atomic E-state index is 3.46. The molecule has 2 aromatic carbocycles. The van der Waals surface area contributed by atoms with Crippen LogP contribution < -0.4 is 5.32 Å². The molecular formula is C19H25N. The minimum absolute atomic E-state index is 0.962. The van der Waals surface area contributed by atoms with Crippen molar-refractivity contribution in [2.45, 2.75) is 40.2 Å². The summed E-state index contributed by atoms with van der Waals surface area (Å²) in [5, 5.41) is 3.46. The van der Waals surface area contributed by atoms with Gasteiger partial charge in [-0.15, -0.1) is 0 Å². The minimum atomic E-state index is 0.962. The van der Waals surface area contributed by atoms with E-state index in [0.717, 1.165) is 19.5 Å². The van der Waals surface area contributed by atoms with E-state index in [4.69, 9.17) is 0 Å². The molecule has 0 amide bonds. The Labute approximate surface area is 123 Å². The van der Waals surface area contributed by atoms with Gasteiger partial charge in [0.2, 0.25) is 0 Å². The molecule has 0 saturated heterocycles. The number of rotatable bonds is 6. The van der Waals surface area contributed by atoms with Gasteiger partial charge >= 0.3 is 0 Å². The van der Waals surface area contributed by atoms with Crippen molar-refractivity contribution in [3.8, 4) is 11.1 Å². The minimum Gasteiger partial charge on any atom is -0.313 e. The zero-order chi connectivity index (χ0) is 14.4. The molecule has 106 valence electrons. The van der Waals surface area contributed by atoms with E-state index >= 15 is 0 Å². The molecular weight excluding hydrogens is 242 g/mol. The van der Waals surface area contributed by atoms with Crippen molar-refractivity contribution in [1.82, 2.24) is 5.32 Å². The average Bonchev–Trinajstić information content (AvgIpc) is 2.48. The van der Waals surface area contributed by atoms with Crippen molar-refractivity contribution >= 4 is 0 Å². The third kappa shape index (κ3) is 3.71. The van der Waals surface area contributed by atoms with Gasteiger partial charge in [0.25, 0.3) is 0 Å². The molecule has 20 heavy (non-hydrogen) atoms. The smallest absolute Gasteiger partial charge is 0.0205 e. The Morgan fingerprint density at radius 1 is 0.950 bits per heavy atom. The van der Waals surface area contributed by atoms with E-state index in [1.165, 1.54) is 34.2 Å². The summed E-state index contributed by atoms with van der Waals surface area (Å²) in [6.07, 6.45) is 2.27. The zero-order valence-electron chi connectivity index (χ0n) is 12.9. The highest BCUT2D eigenvalue weighted by Crippen LogP contribution is 2.25. The molecule has 0 radical (unpaired) electrons. The molecule has 0 unspecified atom stereocenters. The van der Waals surface area contributed by atoms with Gasteiger partial charge in [-0.2, -0.15) is 0 Å². The maximum atomic E-state index is 3.46. The van der Waals surface area contributed by atoms with E-state index in [0.29, 0.717) is 0 Å². The molecule has 0 atom stereocenters. The summed E-state index contributed by atoms with van der Waals surface area (Å²) < 4.78 is 0. The first-order valence-corrected chi connectivity index (χ1v) is 7.64. The first-order valence-electron chi connectivity index (χ1n) is 7.64. The first kappa shape index (κ1) is 14.8. The molecule has 0 aliphatic heterocycles. The Morgan fingerprint density at radius 2 is 1.80 bits per heavy atom. The van der Waals surface area contributed by atoms with Crippen LogP contribution in [0.15, 0.2) is 42.5 Å². The third-order valence-electron chi connectivity index (χ3n) is 3.69. The third-order valence-corrected chi connectivity index (χ3v) is 3.69. The summed E-state index contributed by atoms with van der Waals surface area (Å²) in [7, 11) is 0. The van der Waals surface area contributed by atoms with Crippen LogP contribution in [-0.4, -0.2) is 6.54 Å². The molecule has 1 heteroatoms. The fourth-order valence-electron chi connectivity index (χ4n) is 2.53. The number of hydrogen-bond donors (Lipinski definition) is 1. The zero-order valence-corrected chi connectivity index (χ0v) is 12.9. The van der Waals surface area contributed by atoms with Crippen LogP contribution in [-0.2, 0) is 13.0 Å². The fourth-order valence-corrected chi connectivity index (χ4v) is 2.53. The van der Waals surface area contributed by atoms with E-state index in [1.54, 1.807) is 0 Å². The second kappa shape index (κ2) is 7.25. The van der Waals surface area contributed by atoms with Crippen LogP contribution in [0.5, 0.6) is 0 Å². The van der Waals surface area contributed by atoms with Crippen LogP contribution in [0.25, 0.3) is 11.1 Å². The lowest BCUT2D eigenvalue weighted by molar-refractivity contribution is 0.675. The Hall–Kier alpha value is -1.60. The van der Waals surface area contributed by atoms with Crippen molar-refractivity contribution in [3.05, 3.63) is 59.2 Å². The molecule has 0 aliphatic carbocycles. The van der Waals surface area contributed by atoms with E-state index in [-0.39, 0.29) is 0 Å². The predicted molar refractivity (Wildman–Crippen MR) is 88.0 cm³/mol. The second-order valence-electron chi connectivity index (χ2n) is 5.38. The number of hydrogen-bond acceptors (Lipinski definition) is 1. The molecule has 1 N–H and O–H groups in total. The highest BCUT2D eigenvalue weighted by atomic mass is 14.8. The van der Waals surface area contributed by atoms with Crippen LogP contribution in [0.1, 0.15) is 37.0 Å². The van der Waals surface area contributed by atoms with E-state index in [2.05, 4.69) is 68.6 Å². The molecule has 0 aromatic heterocycles. The summed E-state index contributed by atoms with van der Waals surface area (Å²) in [4.78, 5) is 0. The normalized spacial score (nSPS) is 10.8. The van der Waals surface area contributed by atoms with E-state index in [9.17, 15) is 0 Å². The van der Waals surface area contributed by atoms with Crippen molar-refractivity contribution in [2.24, 2.45) is 0 Å². The summed E-state index contributed by atoms with van der Waals surface area (Å²) in [6, 6.07) is 15.7. The van der Waals surface area contributed by atoms with Crippen LogP contribution in [0.2, 0.25) is 0 Å². The molecule has 0 spiro atoms. The maximum Gasteiger partial charge on any atom is 0.0205 e. The summed E-state index contributed by atoms with van der Waals surface area (Å²) in [5.41, 5.74) is 6.80. The van der Waals surface area contributed by atoms with Crippen molar-refractivity contribution in [3.63, 3.8) is 0 Å². The summed E-state index contributed by atoms with van der Waals surface area (Å²) >= 11 is 0. The number of nitrogens with one attached hydrogen (secondary N) is 1. The lowest BCUT2D eigenvalue weighted by Gasteiger charge is -2.10. The highest BCUT2D eigenvalue weighted by Gasteiger charge is 2.03. The molecule has 1 nitrogen and oxygen atoms in total. The molecule has 0 fully saturated rings. The van der Waals surface area contributed by atoms with Gasteiger partial charge in [-0.25, -0.2) is 0 Å². The van der Waals surface area contributed by atoms with Crippen LogP contribution in [0.3, 0.4) is 0 Å². The Morgan fingerprint density at radius 3 is 2.50 bits per heavy atom. The van der Waals surface area contributed by atoms with Gasteiger partial charge in [-0.3, -0.25) is 0 Å². The lowest BCUT2D eigenvalue weighted by Crippen LogP contribution is -2.13. The standard InChI is InChI=1S/C19H25N/c1-4-11-20-14-17-9-10-19(15(3)12-17)18-8-6-7-16(5-2)13-18/h6-10,12-13,20H,4-5,11,14H2,1-3H3. The Balaban J connectivity index is 2.20. The second-order valence-corrected chi connectivity index (χ2v) is 5.38. The van der Waals surface area contributed by atoms with Crippen LogP contribution in [0.4, 0.5) is 0 Å². The predicted octanol–water partition coefficient (Wildman–Crippen LogP) is 4.72. The topological polar surface area (TPSA) is 12.0 Å². The van der Waals surface area contributed by atoms with Crippen LogP contribution in [0, 0.1) is 6.92 Å². The van der Waals surface area contributed by atoms with E-state index < -0.39 is 0 Å². The molecule has 0 heterocycles. The Kier molecular flexibility index (Phi) is 5.37. The Bertz CT molecular complexity index is 557. The summed E-state index contributed by atoms with van der Waals surface area (Å²) in [6.45, 7) is 8.65. The first-order chi connectivity index (χ1) is 9.74. The largest absolute Gasteiger partial charge is 0.313 e. The molecule has 2 aromatic rings. The van der Waals surface area contributed by atoms with Gasteiger partial charge in [0.15, 0.2) is 0 Å². The average molecular weight is 267 g/mol. The summed E-state index contributed by atoms with van der Waals surface area (Å²) in [5.74, 6) is 0. The quantitative estimate of drug-likeness (QED) is 0.746. The van der Waals surface area contributed by atoms with Crippen molar-refractivity contribution in [2.75, 3.05) is 6.54 Å². The van der Waals surface area contributed by atoms with E-state index in [1.807, 2.05) is 0 Å². The van der Waals surface area contributed by atoms with Gasteiger partial charge in [0.1, 0.15) is 0 Å². The van der Waals surface area contributed by atoms with Crippen molar-refractivity contribution in [1.29, 1.82) is 0 Å². The number of aryl methyl sites for hydroxylation is 2. The molecule has 0 aliphatic rings. The lowest BCUT2D eigenvalue weighted by atomic mass is 9.96. The van der Waals surface area contributed by atoms with Crippen LogP contribution >= 0.6 is 0 Å². The fraction of sp³-hybridized carbons (Fsp3) is 0.368. The van der Waals surface area contributed by atoms with Gasteiger partial charge < -0.3 is 5.32 Å². The molecule has 0 bridgehead atoms. The van der Waals surface area contributed by atoms with Gasteiger partial charge in [0, 0.05) is 6.54 Å². The monoisotopic (exact) mass is 267 g/mol.